The molecule has 0 saturated heterocycles. The van der Waals surface area contributed by atoms with Crippen LogP contribution in [0, 0.1) is 0 Å². The third-order valence-corrected chi connectivity index (χ3v) is 4.32. The Labute approximate surface area is 132 Å². The first-order valence-electron chi connectivity index (χ1n) is 7.54. The number of hydrogen-bond donors (Lipinski definition) is 1. The van der Waals surface area contributed by atoms with Crippen LogP contribution in [-0.4, -0.2) is 32.4 Å². The number of hydrogen-bond acceptors (Lipinski definition) is 3. The van der Waals surface area contributed by atoms with E-state index in [1.807, 2.05) is 6.92 Å². The Morgan fingerprint density at radius 3 is 2.39 bits per heavy atom. The van der Waals surface area contributed by atoms with Crippen molar-refractivity contribution in [3.8, 4) is 5.69 Å². The molecule has 1 aromatic heterocycles. The molecule has 3 rings (SSSR count). The Balaban J connectivity index is 1.67. The van der Waals surface area contributed by atoms with E-state index in [1.54, 1.807) is 41.3 Å². The highest BCUT2D eigenvalue weighted by Crippen LogP contribution is 2.38. The molecule has 1 N–H and O–H groups in total. The van der Waals surface area contributed by atoms with Crippen molar-refractivity contribution in [1.82, 2.24) is 20.3 Å². The molecule has 1 aliphatic rings. The number of nitrogens with one attached hydrogen (secondary N) is 1. The molecule has 0 aliphatic heterocycles. The first-order valence-corrected chi connectivity index (χ1v) is 7.54. The molecule has 0 bridgehead atoms. The van der Waals surface area contributed by atoms with Crippen molar-refractivity contribution in [2.45, 2.75) is 44.1 Å². The van der Waals surface area contributed by atoms with Gasteiger partial charge in [-0.3, -0.25) is 4.79 Å². The molecule has 1 aliphatic carbocycles. The van der Waals surface area contributed by atoms with Crippen molar-refractivity contribution in [3.63, 3.8) is 0 Å². The van der Waals surface area contributed by atoms with Crippen molar-refractivity contribution < 1.29 is 13.6 Å². The van der Waals surface area contributed by atoms with E-state index in [-0.39, 0.29) is 31.6 Å². The summed E-state index contributed by atoms with van der Waals surface area (Å²) in [6, 6.07) is 6.90. The van der Waals surface area contributed by atoms with Gasteiger partial charge in [-0.1, -0.05) is 5.21 Å². The lowest BCUT2D eigenvalue weighted by atomic mass is 9.81. The van der Waals surface area contributed by atoms with Gasteiger partial charge in [-0.2, -0.15) is 0 Å². The van der Waals surface area contributed by atoms with Crippen molar-refractivity contribution in [2.75, 3.05) is 0 Å². The number of benzene rings is 1. The third-order valence-electron chi connectivity index (χ3n) is 4.32. The van der Waals surface area contributed by atoms with Gasteiger partial charge in [0.25, 0.3) is 5.91 Å². The topological polar surface area (TPSA) is 59.8 Å². The Morgan fingerprint density at radius 2 is 1.83 bits per heavy atom. The molecule has 0 atom stereocenters. The average molecular weight is 320 g/mol. The quantitative estimate of drug-likeness (QED) is 0.946. The molecule has 1 amide bonds. The van der Waals surface area contributed by atoms with Crippen LogP contribution in [0.25, 0.3) is 5.69 Å². The minimum atomic E-state index is -2.61. The predicted molar refractivity (Wildman–Crippen MR) is 80.6 cm³/mol. The molecular formula is C16H18F2N4O. The summed E-state index contributed by atoms with van der Waals surface area (Å²) in [4.78, 5) is 12.3. The first kappa shape index (κ1) is 15.6. The van der Waals surface area contributed by atoms with Crippen LogP contribution in [0.4, 0.5) is 8.78 Å². The van der Waals surface area contributed by atoms with Crippen LogP contribution < -0.4 is 5.32 Å². The summed E-state index contributed by atoms with van der Waals surface area (Å²) >= 11 is 0. The van der Waals surface area contributed by atoms with Gasteiger partial charge in [-0.25, -0.2) is 13.5 Å². The van der Waals surface area contributed by atoms with Crippen molar-refractivity contribution in [1.29, 1.82) is 0 Å². The van der Waals surface area contributed by atoms with E-state index in [2.05, 4.69) is 15.6 Å². The van der Waals surface area contributed by atoms with Gasteiger partial charge in [0.15, 0.2) is 0 Å². The number of carbonyl (C=O) groups excluding carboxylic acids is 1. The second-order valence-corrected chi connectivity index (χ2v) is 6.27. The van der Waals surface area contributed by atoms with E-state index < -0.39 is 11.5 Å². The largest absolute Gasteiger partial charge is 0.347 e. The molecule has 0 radical (unpaired) electrons. The van der Waals surface area contributed by atoms with Crippen LogP contribution in [0.15, 0.2) is 36.7 Å². The summed E-state index contributed by atoms with van der Waals surface area (Å²) in [5, 5.41) is 10.5. The van der Waals surface area contributed by atoms with Crippen LogP contribution in [-0.2, 0) is 0 Å². The Morgan fingerprint density at radius 1 is 1.17 bits per heavy atom. The van der Waals surface area contributed by atoms with Gasteiger partial charge in [-0.15, -0.1) is 5.10 Å². The lowest BCUT2D eigenvalue weighted by Crippen LogP contribution is -2.50. The monoisotopic (exact) mass is 320 g/mol. The highest BCUT2D eigenvalue weighted by atomic mass is 19.3. The number of amides is 1. The second kappa shape index (κ2) is 5.72. The number of rotatable bonds is 3. The SMILES string of the molecule is CC1(NC(=O)c2ccc(-n3ccnn3)cc2)CCC(F)(F)CC1. The number of nitrogens with zero attached hydrogens (tertiary/aromatic N) is 3. The molecular weight excluding hydrogens is 302 g/mol. The lowest BCUT2D eigenvalue weighted by Gasteiger charge is -2.37. The number of halogens is 2. The highest BCUT2D eigenvalue weighted by molar-refractivity contribution is 5.94. The van der Waals surface area contributed by atoms with Crippen molar-refractivity contribution in [2.24, 2.45) is 0 Å². The van der Waals surface area contributed by atoms with Gasteiger partial charge in [0, 0.05) is 23.9 Å². The normalized spacial score (nSPS) is 19.3. The van der Waals surface area contributed by atoms with Crippen LogP contribution >= 0.6 is 0 Å². The minimum absolute atomic E-state index is 0.185. The Bertz CT molecular complexity index is 673. The number of alkyl halides is 2. The van der Waals surface area contributed by atoms with E-state index >= 15 is 0 Å². The van der Waals surface area contributed by atoms with E-state index in [4.69, 9.17) is 0 Å². The molecule has 0 unspecified atom stereocenters. The van der Waals surface area contributed by atoms with Gasteiger partial charge in [0.2, 0.25) is 5.92 Å². The molecule has 2 aromatic rings. The Hall–Kier alpha value is -2.31. The van der Waals surface area contributed by atoms with Crippen LogP contribution in [0.5, 0.6) is 0 Å². The Kier molecular flexibility index (Phi) is 3.87. The maximum atomic E-state index is 13.3. The molecule has 5 nitrogen and oxygen atoms in total. The van der Waals surface area contributed by atoms with Crippen LogP contribution in [0.1, 0.15) is 43.0 Å². The third kappa shape index (κ3) is 3.55. The van der Waals surface area contributed by atoms with E-state index in [0.717, 1.165) is 5.69 Å². The summed E-state index contributed by atoms with van der Waals surface area (Å²) in [5.41, 5.74) is 0.707. The molecule has 0 spiro atoms. The lowest BCUT2D eigenvalue weighted by molar-refractivity contribution is -0.0522. The molecule has 7 heteroatoms. The van der Waals surface area contributed by atoms with E-state index in [9.17, 15) is 13.6 Å². The summed E-state index contributed by atoms with van der Waals surface area (Å²) in [6.07, 6.45) is 3.47. The molecule has 1 aromatic carbocycles. The van der Waals surface area contributed by atoms with Gasteiger partial charge >= 0.3 is 0 Å². The summed E-state index contributed by atoms with van der Waals surface area (Å²) in [5.74, 6) is -2.85. The molecule has 1 fully saturated rings. The highest BCUT2D eigenvalue weighted by Gasteiger charge is 2.41. The standard InChI is InChI=1S/C16H18F2N4O/c1-15(6-8-16(17,18)9-7-15)20-14(23)12-2-4-13(5-3-12)22-11-10-19-21-22/h2-5,10-11H,6-9H2,1H3,(H,20,23). The molecule has 1 heterocycles. The molecule has 23 heavy (non-hydrogen) atoms. The van der Waals surface area contributed by atoms with Crippen molar-refractivity contribution in [3.05, 3.63) is 42.2 Å². The molecule has 1 saturated carbocycles. The summed E-state index contributed by atoms with van der Waals surface area (Å²) in [6.45, 7) is 1.82. The first-order chi connectivity index (χ1) is 10.9. The summed E-state index contributed by atoms with van der Waals surface area (Å²) < 4.78 is 28.1. The average Bonchev–Trinajstić information content (AvgIpc) is 3.05. The minimum Gasteiger partial charge on any atom is -0.347 e. The fraction of sp³-hybridized carbons (Fsp3) is 0.438. The zero-order valence-corrected chi connectivity index (χ0v) is 12.8. The zero-order chi connectivity index (χ0) is 16.5. The maximum Gasteiger partial charge on any atom is 0.251 e. The van der Waals surface area contributed by atoms with Gasteiger partial charge in [0.05, 0.1) is 18.1 Å². The van der Waals surface area contributed by atoms with Gasteiger partial charge in [-0.05, 0) is 44.0 Å². The second-order valence-electron chi connectivity index (χ2n) is 6.27. The maximum absolute atomic E-state index is 13.3. The zero-order valence-electron chi connectivity index (χ0n) is 12.8. The van der Waals surface area contributed by atoms with E-state index in [1.165, 1.54) is 0 Å². The fourth-order valence-corrected chi connectivity index (χ4v) is 2.75. The predicted octanol–water partition coefficient (Wildman–Crippen LogP) is 2.97. The van der Waals surface area contributed by atoms with Gasteiger partial charge in [0.1, 0.15) is 0 Å². The fourth-order valence-electron chi connectivity index (χ4n) is 2.75. The van der Waals surface area contributed by atoms with Crippen LogP contribution in [0.3, 0.4) is 0 Å². The smallest absolute Gasteiger partial charge is 0.251 e. The van der Waals surface area contributed by atoms with E-state index in [0.29, 0.717) is 5.56 Å². The van der Waals surface area contributed by atoms with Gasteiger partial charge < -0.3 is 5.32 Å². The number of carbonyl (C=O) groups is 1. The summed E-state index contributed by atoms with van der Waals surface area (Å²) in [7, 11) is 0. The van der Waals surface area contributed by atoms with Crippen LogP contribution in [0.2, 0.25) is 0 Å². The van der Waals surface area contributed by atoms with Crippen molar-refractivity contribution >= 4 is 5.91 Å². The molecule has 122 valence electrons. The number of aromatic nitrogens is 3.